The lowest BCUT2D eigenvalue weighted by Crippen LogP contribution is -2.13. The molecule has 0 bridgehead atoms. The minimum atomic E-state index is -0.345. The Balaban J connectivity index is 2.09. The lowest BCUT2D eigenvalue weighted by molar-refractivity contribution is 0.102. The van der Waals surface area contributed by atoms with Gasteiger partial charge in [-0.2, -0.15) is 4.98 Å². The number of carbonyl (C=O) groups is 1. The van der Waals surface area contributed by atoms with Crippen LogP contribution in [-0.4, -0.2) is 15.9 Å². The first-order valence-electron chi connectivity index (χ1n) is 4.85. The van der Waals surface area contributed by atoms with Gasteiger partial charge in [0.15, 0.2) is 0 Å². The first kappa shape index (κ1) is 11.1. The fourth-order valence-corrected chi connectivity index (χ4v) is 1.19. The molecule has 0 aliphatic rings. The van der Waals surface area contributed by atoms with Gasteiger partial charge in [-0.25, -0.2) is 10.8 Å². The van der Waals surface area contributed by atoms with Crippen molar-refractivity contribution in [3.8, 4) is 0 Å². The predicted molar refractivity (Wildman–Crippen MR) is 61.2 cm³/mol. The predicted octanol–water partition coefficient (Wildman–Crippen LogP) is 0.916. The molecule has 4 N–H and O–H groups in total. The highest BCUT2D eigenvalue weighted by Crippen LogP contribution is 2.09. The van der Waals surface area contributed by atoms with Crippen LogP contribution in [0.4, 0.5) is 11.8 Å². The van der Waals surface area contributed by atoms with E-state index in [2.05, 4.69) is 20.7 Å². The number of aromatic nitrogens is 2. The maximum absolute atomic E-state index is 11.7. The fourth-order valence-electron chi connectivity index (χ4n) is 1.19. The molecule has 1 amide bonds. The third kappa shape index (κ3) is 2.58. The van der Waals surface area contributed by atoms with Gasteiger partial charge in [-0.1, -0.05) is 0 Å². The van der Waals surface area contributed by atoms with Crippen LogP contribution in [0.5, 0.6) is 0 Å². The number of pyridine rings is 1. The number of hydrogen-bond acceptors (Lipinski definition) is 6. The summed E-state index contributed by atoms with van der Waals surface area (Å²) < 4.78 is 5.01. The van der Waals surface area contributed by atoms with Crippen molar-refractivity contribution in [1.82, 2.24) is 9.97 Å². The van der Waals surface area contributed by atoms with Crippen LogP contribution in [0.25, 0.3) is 0 Å². The normalized spacial score (nSPS) is 10.0. The molecule has 2 aromatic heterocycles. The summed E-state index contributed by atoms with van der Waals surface area (Å²) in [5, 5.41) is 2.51. The number of oxazole rings is 1. The number of nitrogens with two attached hydrogens (primary N) is 1. The van der Waals surface area contributed by atoms with Crippen molar-refractivity contribution in [2.24, 2.45) is 5.84 Å². The molecule has 17 heavy (non-hydrogen) atoms. The van der Waals surface area contributed by atoms with Crippen molar-refractivity contribution in [3.63, 3.8) is 0 Å². The average Bonchev–Trinajstić information content (AvgIpc) is 2.75. The van der Waals surface area contributed by atoms with E-state index in [-0.39, 0.29) is 11.9 Å². The van der Waals surface area contributed by atoms with Crippen molar-refractivity contribution >= 4 is 17.7 Å². The summed E-state index contributed by atoms with van der Waals surface area (Å²) in [5.41, 5.74) is 3.46. The van der Waals surface area contributed by atoms with Gasteiger partial charge in [0.2, 0.25) is 0 Å². The summed E-state index contributed by atoms with van der Waals surface area (Å²) in [6.07, 6.45) is 2.86. The van der Waals surface area contributed by atoms with Gasteiger partial charge >= 0.3 is 6.01 Å². The van der Waals surface area contributed by atoms with Crippen LogP contribution in [0, 0.1) is 6.92 Å². The first-order valence-corrected chi connectivity index (χ1v) is 4.85. The van der Waals surface area contributed by atoms with Gasteiger partial charge in [-0.05, 0) is 19.1 Å². The molecule has 0 aliphatic carbocycles. The molecular weight excluding hydrogens is 222 g/mol. The second kappa shape index (κ2) is 4.62. The topological polar surface area (TPSA) is 106 Å². The van der Waals surface area contributed by atoms with E-state index in [4.69, 9.17) is 10.3 Å². The number of nitrogens with zero attached hydrogens (tertiary/aromatic N) is 2. The highest BCUT2D eigenvalue weighted by Gasteiger charge is 2.09. The Morgan fingerprint density at radius 3 is 2.82 bits per heavy atom. The summed E-state index contributed by atoms with van der Waals surface area (Å²) in [6, 6.07) is 3.34. The first-order chi connectivity index (χ1) is 8.19. The highest BCUT2D eigenvalue weighted by atomic mass is 16.4. The van der Waals surface area contributed by atoms with Gasteiger partial charge < -0.3 is 9.84 Å². The molecule has 7 heteroatoms. The zero-order valence-corrected chi connectivity index (χ0v) is 9.10. The van der Waals surface area contributed by atoms with Crippen molar-refractivity contribution in [2.45, 2.75) is 6.92 Å². The zero-order valence-electron chi connectivity index (χ0n) is 9.10. The summed E-state index contributed by atoms with van der Waals surface area (Å²) >= 11 is 0. The average molecular weight is 233 g/mol. The molecule has 88 valence electrons. The van der Waals surface area contributed by atoms with Crippen LogP contribution in [0.15, 0.2) is 29.0 Å². The molecule has 0 aromatic carbocycles. The third-order valence-corrected chi connectivity index (χ3v) is 2.01. The van der Waals surface area contributed by atoms with E-state index in [1.807, 2.05) is 0 Å². The number of aryl methyl sites for hydroxylation is 1. The number of nitrogen functional groups attached to an aromatic ring is 1. The Labute approximate surface area is 97.0 Å². The number of rotatable bonds is 3. The van der Waals surface area contributed by atoms with Crippen molar-refractivity contribution in [1.29, 1.82) is 0 Å². The molecule has 0 atom stereocenters. The van der Waals surface area contributed by atoms with Gasteiger partial charge in [0.25, 0.3) is 5.91 Å². The number of anilines is 2. The Morgan fingerprint density at radius 2 is 2.29 bits per heavy atom. The maximum atomic E-state index is 11.7. The molecule has 0 fully saturated rings. The molecule has 0 radical (unpaired) electrons. The van der Waals surface area contributed by atoms with Gasteiger partial charge in [0.05, 0.1) is 11.3 Å². The second-order valence-electron chi connectivity index (χ2n) is 3.32. The number of hydrogen-bond donors (Lipinski definition) is 3. The molecule has 0 unspecified atom stereocenters. The minimum absolute atomic E-state index is 0.161. The lowest BCUT2D eigenvalue weighted by Gasteiger charge is -2.02. The van der Waals surface area contributed by atoms with E-state index in [9.17, 15) is 4.79 Å². The Hall–Kier alpha value is -2.41. The Kier molecular flexibility index (Phi) is 3.01. The summed E-state index contributed by atoms with van der Waals surface area (Å²) in [4.78, 5) is 19.6. The van der Waals surface area contributed by atoms with Crippen LogP contribution in [0.2, 0.25) is 0 Å². The zero-order chi connectivity index (χ0) is 12.3. The molecule has 7 nitrogen and oxygen atoms in total. The quantitative estimate of drug-likeness (QED) is 0.537. The van der Waals surface area contributed by atoms with Crippen LogP contribution >= 0.6 is 0 Å². The third-order valence-electron chi connectivity index (χ3n) is 2.01. The van der Waals surface area contributed by atoms with Crippen LogP contribution in [0.1, 0.15) is 16.1 Å². The van der Waals surface area contributed by atoms with E-state index in [0.29, 0.717) is 17.1 Å². The SMILES string of the molecule is Cc1coc(NC(=O)c2ccc(NN)nc2)n1. The number of carbonyl (C=O) groups excluding carboxylic acids is 1. The molecule has 0 saturated heterocycles. The van der Waals surface area contributed by atoms with Crippen LogP contribution < -0.4 is 16.6 Å². The van der Waals surface area contributed by atoms with Crippen LogP contribution in [0.3, 0.4) is 0 Å². The summed E-state index contributed by atoms with van der Waals surface area (Å²) in [6.45, 7) is 1.77. The van der Waals surface area contributed by atoms with Crippen molar-refractivity contribution in [3.05, 3.63) is 35.9 Å². The number of nitrogens with one attached hydrogen (secondary N) is 2. The Bertz CT molecular complexity index is 520. The molecule has 2 heterocycles. The number of amides is 1. The molecule has 0 aliphatic heterocycles. The van der Waals surface area contributed by atoms with E-state index < -0.39 is 0 Å². The van der Waals surface area contributed by atoms with E-state index >= 15 is 0 Å². The van der Waals surface area contributed by atoms with Gasteiger partial charge in [-0.15, -0.1) is 0 Å². The molecule has 2 aromatic rings. The Morgan fingerprint density at radius 1 is 1.47 bits per heavy atom. The van der Waals surface area contributed by atoms with Crippen molar-refractivity contribution < 1.29 is 9.21 Å². The van der Waals surface area contributed by atoms with Gasteiger partial charge in [0.1, 0.15) is 12.1 Å². The lowest BCUT2D eigenvalue weighted by atomic mass is 10.2. The van der Waals surface area contributed by atoms with E-state index in [1.165, 1.54) is 12.5 Å². The smallest absolute Gasteiger partial charge is 0.301 e. The largest absolute Gasteiger partial charge is 0.432 e. The van der Waals surface area contributed by atoms with E-state index in [1.54, 1.807) is 19.1 Å². The molecule has 0 spiro atoms. The monoisotopic (exact) mass is 233 g/mol. The minimum Gasteiger partial charge on any atom is -0.432 e. The summed E-state index contributed by atoms with van der Waals surface area (Å²) in [5.74, 6) is 5.30. The van der Waals surface area contributed by atoms with E-state index in [0.717, 1.165) is 0 Å². The molecule has 0 saturated carbocycles. The number of hydrazine groups is 1. The van der Waals surface area contributed by atoms with Gasteiger partial charge in [0, 0.05) is 6.20 Å². The standard InChI is InChI=1S/C10H11N5O2/c1-6-5-17-10(13-6)14-9(16)7-2-3-8(15-11)12-4-7/h2-5H,11H2,1H3,(H,12,15)(H,13,14,16). The van der Waals surface area contributed by atoms with Crippen LogP contribution in [-0.2, 0) is 0 Å². The van der Waals surface area contributed by atoms with Crippen molar-refractivity contribution in [2.75, 3.05) is 10.7 Å². The molecular formula is C10H11N5O2. The second-order valence-corrected chi connectivity index (χ2v) is 3.32. The molecule has 2 rings (SSSR count). The fraction of sp³-hybridized carbons (Fsp3) is 0.100. The highest BCUT2D eigenvalue weighted by molar-refractivity contribution is 6.02. The summed E-state index contributed by atoms with van der Waals surface area (Å²) in [7, 11) is 0. The van der Waals surface area contributed by atoms with Gasteiger partial charge in [-0.3, -0.25) is 10.1 Å². The maximum Gasteiger partial charge on any atom is 0.301 e.